The zero-order valence-electron chi connectivity index (χ0n) is 10.2. The summed E-state index contributed by atoms with van der Waals surface area (Å²) >= 11 is 0. The Kier molecular flexibility index (Phi) is 4.25. The van der Waals surface area contributed by atoms with Crippen molar-refractivity contribution in [1.29, 1.82) is 0 Å². The monoisotopic (exact) mass is 247 g/mol. The van der Waals surface area contributed by atoms with Crippen molar-refractivity contribution < 1.29 is 0 Å². The first-order valence-corrected chi connectivity index (χ1v) is 6.04. The van der Waals surface area contributed by atoms with Gasteiger partial charge in [-0.05, 0) is 25.5 Å². The highest BCUT2D eigenvalue weighted by Gasteiger charge is 2.01. The van der Waals surface area contributed by atoms with Crippen LogP contribution in [-0.4, -0.2) is 26.1 Å². The van der Waals surface area contributed by atoms with Crippen LogP contribution in [0, 0.1) is 0 Å². The van der Waals surface area contributed by atoms with Gasteiger partial charge in [0.2, 0.25) is 0 Å². The Balaban J connectivity index is 1.92. The molecule has 0 atom stereocenters. The summed E-state index contributed by atoms with van der Waals surface area (Å²) in [6.45, 7) is 1.89. The number of nitrogens with two attached hydrogens (primary N) is 1. The third kappa shape index (κ3) is 3.27. The molecule has 6 nitrogen and oxygen atoms in total. The molecular formula is C12H17N5O. The molecule has 0 aliphatic carbocycles. The second-order valence-electron chi connectivity index (χ2n) is 4.10. The lowest BCUT2D eigenvalue weighted by molar-refractivity contribution is 0.511. The van der Waals surface area contributed by atoms with Gasteiger partial charge >= 0.3 is 0 Å². The van der Waals surface area contributed by atoms with Gasteiger partial charge in [-0.3, -0.25) is 9.48 Å². The molecule has 6 heteroatoms. The number of hydrogen-bond acceptors (Lipinski definition) is 4. The average Bonchev–Trinajstić information content (AvgIpc) is 2.83. The van der Waals surface area contributed by atoms with E-state index in [0.717, 1.165) is 18.5 Å². The molecule has 2 heterocycles. The van der Waals surface area contributed by atoms with Crippen LogP contribution >= 0.6 is 0 Å². The van der Waals surface area contributed by atoms with E-state index >= 15 is 0 Å². The smallest absolute Gasteiger partial charge is 0.250 e. The van der Waals surface area contributed by atoms with Gasteiger partial charge in [-0.1, -0.05) is 11.3 Å². The molecule has 0 aromatic carbocycles. The van der Waals surface area contributed by atoms with Crippen molar-refractivity contribution in [3.8, 4) is 0 Å². The Hall–Kier alpha value is -1.95. The highest BCUT2D eigenvalue weighted by Crippen LogP contribution is 1.97. The molecule has 2 N–H and O–H groups in total. The molecule has 2 rings (SSSR count). The predicted octanol–water partition coefficient (Wildman–Crippen LogP) is 0.0313. The Labute approximate surface area is 105 Å². The minimum absolute atomic E-state index is 0.000899. The van der Waals surface area contributed by atoms with Crippen LogP contribution in [0.15, 0.2) is 35.4 Å². The van der Waals surface area contributed by atoms with Gasteiger partial charge in [0.25, 0.3) is 5.56 Å². The van der Waals surface area contributed by atoms with Crippen molar-refractivity contribution in [3.05, 3.63) is 46.6 Å². The van der Waals surface area contributed by atoms with Crippen LogP contribution in [0.5, 0.6) is 0 Å². The van der Waals surface area contributed by atoms with Gasteiger partial charge in [-0.15, -0.1) is 5.10 Å². The van der Waals surface area contributed by atoms with Crippen molar-refractivity contribution in [3.63, 3.8) is 0 Å². The van der Waals surface area contributed by atoms with E-state index in [4.69, 9.17) is 5.73 Å². The van der Waals surface area contributed by atoms with Crippen molar-refractivity contribution >= 4 is 0 Å². The lowest BCUT2D eigenvalue weighted by atomic mass is 10.2. The van der Waals surface area contributed by atoms with Crippen LogP contribution in [0.4, 0.5) is 0 Å². The molecule has 2 aromatic rings. The molecule has 0 fully saturated rings. The third-order valence-corrected chi connectivity index (χ3v) is 2.69. The highest BCUT2D eigenvalue weighted by molar-refractivity contribution is 4.94. The molecule has 0 unspecified atom stereocenters. The number of aryl methyl sites for hydroxylation is 3. The lowest BCUT2D eigenvalue weighted by Gasteiger charge is -2.03. The lowest BCUT2D eigenvalue weighted by Crippen LogP contribution is -2.20. The molecule has 96 valence electrons. The highest BCUT2D eigenvalue weighted by atomic mass is 16.1. The summed E-state index contributed by atoms with van der Waals surface area (Å²) < 4.78 is 3.41. The summed E-state index contributed by atoms with van der Waals surface area (Å²) in [7, 11) is 0. The maximum absolute atomic E-state index is 11.5. The molecule has 0 radical (unpaired) electrons. The molecule has 0 saturated carbocycles. The molecule has 18 heavy (non-hydrogen) atoms. The van der Waals surface area contributed by atoms with Crippen LogP contribution in [-0.2, 0) is 19.5 Å². The fourth-order valence-corrected chi connectivity index (χ4v) is 1.70. The van der Waals surface area contributed by atoms with E-state index in [1.807, 2.05) is 12.3 Å². The second-order valence-corrected chi connectivity index (χ2v) is 4.10. The van der Waals surface area contributed by atoms with Gasteiger partial charge in [-0.2, -0.15) is 0 Å². The number of pyridine rings is 1. The zero-order chi connectivity index (χ0) is 12.8. The average molecular weight is 247 g/mol. The van der Waals surface area contributed by atoms with Crippen molar-refractivity contribution in [2.24, 2.45) is 5.73 Å². The van der Waals surface area contributed by atoms with Gasteiger partial charge in [0, 0.05) is 25.0 Å². The van der Waals surface area contributed by atoms with Gasteiger partial charge in [0.15, 0.2) is 0 Å². The van der Waals surface area contributed by atoms with Gasteiger partial charge in [0.05, 0.1) is 12.2 Å². The summed E-state index contributed by atoms with van der Waals surface area (Å²) in [4.78, 5) is 11.5. The fourth-order valence-electron chi connectivity index (χ4n) is 1.70. The van der Waals surface area contributed by atoms with E-state index in [9.17, 15) is 4.79 Å². The van der Waals surface area contributed by atoms with Crippen molar-refractivity contribution in [2.75, 3.05) is 6.54 Å². The summed E-state index contributed by atoms with van der Waals surface area (Å²) in [5.41, 5.74) is 6.39. The van der Waals surface area contributed by atoms with Crippen LogP contribution < -0.4 is 11.3 Å². The SMILES string of the molecule is NCCCc1cn(CCn2ccccc2=O)nn1. The maximum Gasteiger partial charge on any atom is 0.250 e. The van der Waals surface area contributed by atoms with E-state index < -0.39 is 0 Å². The first kappa shape index (κ1) is 12.5. The van der Waals surface area contributed by atoms with E-state index in [0.29, 0.717) is 19.6 Å². The summed E-state index contributed by atoms with van der Waals surface area (Å²) in [6.07, 6.45) is 5.44. The van der Waals surface area contributed by atoms with Crippen LogP contribution in [0.25, 0.3) is 0 Å². The van der Waals surface area contributed by atoms with Gasteiger partial charge < -0.3 is 10.3 Å². The largest absolute Gasteiger partial charge is 0.330 e. The standard InChI is InChI=1S/C12H17N5O/c13-6-3-4-11-10-17(15-14-11)9-8-16-7-2-1-5-12(16)18/h1-2,5,7,10H,3-4,6,8-9,13H2. The first-order chi connectivity index (χ1) is 8.79. The zero-order valence-corrected chi connectivity index (χ0v) is 10.2. The molecular weight excluding hydrogens is 230 g/mol. The minimum Gasteiger partial charge on any atom is -0.330 e. The Morgan fingerprint density at radius 2 is 2.17 bits per heavy atom. The minimum atomic E-state index is 0.000899. The van der Waals surface area contributed by atoms with Crippen LogP contribution in [0.1, 0.15) is 12.1 Å². The molecule has 0 aliphatic rings. The molecule has 2 aromatic heterocycles. The maximum atomic E-state index is 11.5. The van der Waals surface area contributed by atoms with E-state index in [2.05, 4.69) is 10.3 Å². The Morgan fingerprint density at radius 3 is 2.94 bits per heavy atom. The molecule has 0 aliphatic heterocycles. The molecule has 0 spiro atoms. The van der Waals surface area contributed by atoms with E-state index in [1.54, 1.807) is 27.6 Å². The van der Waals surface area contributed by atoms with Crippen molar-refractivity contribution in [2.45, 2.75) is 25.9 Å². The predicted molar refractivity (Wildman–Crippen MR) is 68.1 cm³/mol. The number of nitrogens with zero attached hydrogens (tertiary/aromatic N) is 4. The van der Waals surface area contributed by atoms with Gasteiger partial charge in [-0.25, -0.2) is 0 Å². The van der Waals surface area contributed by atoms with E-state index in [1.165, 1.54) is 0 Å². The quantitative estimate of drug-likeness (QED) is 0.781. The molecule has 0 saturated heterocycles. The van der Waals surface area contributed by atoms with Crippen molar-refractivity contribution in [1.82, 2.24) is 19.6 Å². The third-order valence-electron chi connectivity index (χ3n) is 2.69. The molecule has 0 amide bonds. The fraction of sp³-hybridized carbons (Fsp3) is 0.417. The number of rotatable bonds is 6. The van der Waals surface area contributed by atoms with Gasteiger partial charge in [0.1, 0.15) is 0 Å². The summed E-state index contributed by atoms with van der Waals surface area (Å²) in [5.74, 6) is 0. The normalized spacial score (nSPS) is 10.7. The topological polar surface area (TPSA) is 78.7 Å². The van der Waals surface area contributed by atoms with E-state index in [-0.39, 0.29) is 5.56 Å². The summed E-state index contributed by atoms with van der Waals surface area (Å²) in [6, 6.07) is 5.13. The molecule has 0 bridgehead atoms. The second kappa shape index (κ2) is 6.11. The first-order valence-electron chi connectivity index (χ1n) is 6.04. The Bertz CT molecular complexity index is 545. The summed E-state index contributed by atoms with van der Waals surface area (Å²) in [5, 5.41) is 8.08. The Morgan fingerprint density at radius 1 is 1.28 bits per heavy atom. The number of hydrogen-bond donors (Lipinski definition) is 1. The van der Waals surface area contributed by atoms with Crippen LogP contribution in [0.2, 0.25) is 0 Å². The van der Waals surface area contributed by atoms with Crippen LogP contribution in [0.3, 0.4) is 0 Å². The number of aromatic nitrogens is 4.